The van der Waals surface area contributed by atoms with Crippen molar-refractivity contribution in [2.24, 2.45) is 28.6 Å². The molecule has 0 spiro atoms. The standard InChI is InChI=1S/C30H38F4N2O6/c1-28(8-3-9-28)15-35-26(38)23-16-4-5-17(12-16)24(23)36-25(37)19-13-22(20(31)14-21(19)41-2)42-18-6-10-29(11-7-18,27(39)40)30(32,33)34/h13-14,16-18,23-24H,3-12,15H2,1-2H3,(H,35,38)(H,36,37)(H,39,40)/t16-,17+,18-,23+,24-,29-/m1/s1. The van der Waals surface area contributed by atoms with E-state index in [0.29, 0.717) is 6.54 Å². The SMILES string of the molecule is COc1cc(F)c(O[C@H]2CC[C@](C(=O)O)(C(F)(F)F)CC2)cc1C(=O)N[C@@H]1[C@H]2CC[C@H](C2)[C@@H]1C(=O)NCC1(C)CCC1. The zero-order valence-electron chi connectivity index (χ0n) is 23.8. The summed E-state index contributed by atoms with van der Waals surface area (Å²) >= 11 is 0. The number of carbonyl (C=O) groups excluding carboxylic acids is 2. The van der Waals surface area contributed by atoms with Gasteiger partial charge in [0.05, 0.1) is 24.7 Å². The average molecular weight is 599 g/mol. The van der Waals surface area contributed by atoms with E-state index in [4.69, 9.17) is 9.47 Å². The van der Waals surface area contributed by atoms with Gasteiger partial charge in [0.1, 0.15) is 5.75 Å². The molecule has 4 fully saturated rings. The molecule has 4 atom stereocenters. The molecule has 5 rings (SSSR count). The van der Waals surface area contributed by atoms with Crippen LogP contribution in [0.3, 0.4) is 0 Å². The van der Waals surface area contributed by atoms with Gasteiger partial charge in [-0.25, -0.2) is 4.39 Å². The Bertz CT molecular complexity index is 1220. The van der Waals surface area contributed by atoms with Crippen molar-refractivity contribution in [2.75, 3.05) is 13.7 Å². The van der Waals surface area contributed by atoms with Crippen LogP contribution in [-0.4, -0.2) is 54.9 Å². The van der Waals surface area contributed by atoms with Crippen LogP contribution in [0.15, 0.2) is 12.1 Å². The fraction of sp³-hybridized carbons (Fsp3) is 0.700. The van der Waals surface area contributed by atoms with Crippen molar-refractivity contribution in [3.05, 3.63) is 23.5 Å². The van der Waals surface area contributed by atoms with Crippen LogP contribution in [0.4, 0.5) is 17.6 Å². The predicted molar refractivity (Wildman–Crippen MR) is 143 cm³/mol. The van der Waals surface area contributed by atoms with Crippen molar-refractivity contribution in [3.8, 4) is 11.5 Å². The third-order valence-corrected chi connectivity index (χ3v) is 10.3. The van der Waals surface area contributed by atoms with Crippen molar-refractivity contribution in [1.29, 1.82) is 0 Å². The summed E-state index contributed by atoms with van der Waals surface area (Å²) in [7, 11) is 1.28. The zero-order chi connectivity index (χ0) is 30.4. The summed E-state index contributed by atoms with van der Waals surface area (Å²) in [5.41, 5.74) is -2.77. The number of fused-ring (bicyclic) bond motifs is 2. The van der Waals surface area contributed by atoms with Crippen molar-refractivity contribution in [1.82, 2.24) is 10.6 Å². The van der Waals surface area contributed by atoms with E-state index in [1.165, 1.54) is 7.11 Å². The summed E-state index contributed by atoms with van der Waals surface area (Å²) in [5.74, 6) is -3.88. The predicted octanol–water partition coefficient (Wildman–Crippen LogP) is 5.24. The Kier molecular flexibility index (Phi) is 8.12. The molecule has 0 radical (unpaired) electrons. The van der Waals surface area contributed by atoms with Gasteiger partial charge in [-0.05, 0) is 81.1 Å². The van der Waals surface area contributed by atoms with E-state index in [9.17, 15) is 37.1 Å². The van der Waals surface area contributed by atoms with Gasteiger partial charge in [0.15, 0.2) is 17.0 Å². The first-order chi connectivity index (χ1) is 19.8. The number of carboxylic acid groups (broad SMARTS) is 1. The Morgan fingerprint density at radius 1 is 1.02 bits per heavy atom. The summed E-state index contributed by atoms with van der Waals surface area (Å²) in [6, 6.07) is 1.75. The van der Waals surface area contributed by atoms with Crippen molar-refractivity contribution < 1.29 is 46.5 Å². The highest BCUT2D eigenvalue weighted by Crippen LogP contribution is 2.51. The summed E-state index contributed by atoms with van der Waals surface area (Å²) in [6.07, 6.45) is -1.74. The number of halogens is 4. The minimum atomic E-state index is -4.93. The number of ether oxygens (including phenoxy) is 2. The molecule has 42 heavy (non-hydrogen) atoms. The lowest BCUT2D eigenvalue weighted by Crippen LogP contribution is -2.51. The monoisotopic (exact) mass is 598 g/mol. The van der Waals surface area contributed by atoms with E-state index in [-0.39, 0.29) is 59.0 Å². The van der Waals surface area contributed by atoms with Gasteiger partial charge in [0.25, 0.3) is 5.91 Å². The molecule has 0 unspecified atom stereocenters. The van der Waals surface area contributed by atoms with Gasteiger partial charge in [0, 0.05) is 18.7 Å². The smallest absolute Gasteiger partial charge is 0.404 e. The lowest BCUT2D eigenvalue weighted by Gasteiger charge is -2.39. The Hall–Kier alpha value is -3.05. The van der Waals surface area contributed by atoms with Gasteiger partial charge < -0.3 is 25.2 Å². The van der Waals surface area contributed by atoms with Crippen LogP contribution in [0.1, 0.15) is 81.5 Å². The molecule has 0 saturated heterocycles. The molecule has 1 aromatic carbocycles. The van der Waals surface area contributed by atoms with Gasteiger partial charge >= 0.3 is 12.1 Å². The molecule has 4 aliphatic carbocycles. The Balaban J connectivity index is 1.29. The third-order valence-electron chi connectivity index (χ3n) is 10.3. The Morgan fingerprint density at radius 3 is 2.26 bits per heavy atom. The molecular weight excluding hydrogens is 560 g/mol. The van der Waals surface area contributed by atoms with Crippen molar-refractivity contribution in [2.45, 2.75) is 89.5 Å². The normalized spacial score (nSPS) is 31.6. The average Bonchev–Trinajstić information content (AvgIpc) is 3.53. The molecule has 12 heteroatoms. The highest BCUT2D eigenvalue weighted by Gasteiger charge is 2.61. The molecule has 1 aromatic rings. The van der Waals surface area contributed by atoms with Gasteiger partial charge in [-0.3, -0.25) is 14.4 Å². The Morgan fingerprint density at radius 2 is 1.69 bits per heavy atom. The second-order valence-electron chi connectivity index (χ2n) is 12.9. The molecule has 0 aliphatic heterocycles. The number of hydrogen-bond acceptors (Lipinski definition) is 5. The lowest BCUT2D eigenvalue weighted by molar-refractivity contribution is -0.242. The quantitative estimate of drug-likeness (QED) is 0.335. The van der Waals surface area contributed by atoms with E-state index in [1.54, 1.807) is 0 Å². The molecule has 8 nitrogen and oxygen atoms in total. The maximum Gasteiger partial charge on any atom is 0.404 e. The fourth-order valence-electron chi connectivity index (χ4n) is 7.45. The van der Waals surface area contributed by atoms with Crippen LogP contribution in [0, 0.1) is 34.4 Å². The second kappa shape index (κ2) is 11.2. The first kappa shape index (κ1) is 30.4. The fourth-order valence-corrected chi connectivity index (χ4v) is 7.45. The minimum absolute atomic E-state index is 0.0243. The number of amides is 2. The summed E-state index contributed by atoms with van der Waals surface area (Å²) in [6.45, 7) is 2.76. The number of benzene rings is 1. The van der Waals surface area contributed by atoms with Gasteiger partial charge in [-0.1, -0.05) is 13.3 Å². The summed E-state index contributed by atoms with van der Waals surface area (Å²) in [5, 5.41) is 15.4. The minimum Gasteiger partial charge on any atom is -0.496 e. The van der Waals surface area contributed by atoms with Crippen molar-refractivity contribution >= 4 is 17.8 Å². The van der Waals surface area contributed by atoms with Crippen LogP contribution < -0.4 is 20.1 Å². The van der Waals surface area contributed by atoms with E-state index < -0.39 is 54.3 Å². The number of alkyl halides is 3. The highest BCUT2D eigenvalue weighted by atomic mass is 19.4. The largest absolute Gasteiger partial charge is 0.496 e. The van der Waals surface area contributed by atoms with E-state index in [2.05, 4.69) is 17.6 Å². The van der Waals surface area contributed by atoms with Crippen LogP contribution in [0.5, 0.6) is 11.5 Å². The van der Waals surface area contributed by atoms with Crippen LogP contribution >= 0.6 is 0 Å². The van der Waals surface area contributed by atoms with E-state index in [0.717, 1.165) is 50.7 Å². The summed E-state index contributed by atoms with van der Waals surface area (Å²) < 4.78 is 66.5. The first-order valence-corrected chi connectivity index (χ1v) is 14.7. The lowest BCUT2D eigenvalue weighted by atomic mass is 9.70. The molecule has 4 saturated carbocycles. The number of rotatable bonds is 9. The number of aliphatic carboxylic acids is 1. The molecular formula is C30H38F4N2O6. The number of carbonyl (C=O) groups is 3. The zero-order valence-corrected chi connectivity index (χ0v) is 23.8. The Labute approximate surface area is 241 Å². The maximum absolute atomic E-state index is 15.0. The van der Waals surface area contributed by atoms with Gasteiger partial charge in [-0.15, -0.1) is 0 Å². The first-order valence-electron chi connectivity index (χ1n) is 14.7. The van der Waals surface area contributed by atoms with Crippen LogP contribution in [0.2, 0.25) is 0 Å². The molecule has 2 amide bonds. The van der Waals surface area contributed by atoms with Gasteiger partial charge in [-0.2, -0.15) is 13.2 Å². The number of nitrogens with one attached hydrogen (secondary N) is 2. The van der Waals surface area contributed by atoms with E-state index in [1.807, 2.05) is 0 Å². The maximum atomic E-state index is 15.0. The van der Waals surface area contributed by atoms with Crippen LogP contribution in [-0.2, 0) is 9.59 Å². The third kappa shape index (κ3) is 5.53. The molecule has 2 bridgehead atoms. The van der Waals surface area contributed by atoms with E-state index >= 15 is 0 Å². The van der Waals surface area contributed by atoms with Crippen molar-refractivity contribution in [3.63, 3.8) is 0 Å². The number of methoxy groups -OCH3 is 1. The molecule has 3 N–H and O–H groups in total. The topological polar surface area (TPSA) is 114 Å². The second-order valence-corrected chi connectivity index (χ2v) is 12.9. The van der Waals surface area contributed by atoms with Crippen LogP contribution in [0.25, 0.3) is 0 Å². The molecule has 4 aliphatic rings. The van der Waals surface area contributed by atoms with Gasteiger partial charge in [0.2, 0.25) is 5.91 Å². The molecule has 232 valence electrons. The summed E-state index contributed by atoms with van der Waals surface area (Å²) in [4.78, 5) is 38.3. The highest BCUT2D eigenvalue weighted by molar-refractivity contribution is 5.98. The molecule has 0 heterocycles. The number of hydrogen-bond donors (Lipinski definition) is 3. The molecule has 0 aromatic heterocycles. The number of carboxylic acids is 1.